The zero-order valence-electron chi connectivity index (χ0n) is 11.9. The first-order valence-electron chi connectivity index (χ1n) is 8.01. The van der Waals surface area contributed by atoms with Gasteiger partial charge in [0.1, 0.15) is 0 Å². The summed E-state index contributed by atoms with van der Waals surface area (Å²) in [6, 6.07) is 6.71. The van der Waals surface area contributed by atoms with Crippen molar-refractivity contribution >= 4 is 11.6 Å². The average molecular weight is 270 g/mol. The van der Waals surface area contributed by atoms with Crippen LogP contribution in [0.1, 0.15) is 48.0 Å². The smallest absolute Gasteiger partial charge is 0.254 e. The molecule has 0 bridgehead atoms. The summed E-state index contributed by atoms with van der Waals surface area (Å²) < 4.78 is 0. The molecule has 0 aromatic heterocycles. The Morgan fingerprint density at radius 1 is 1.20 bits per heavy atom. The third kappa shape index (κ3) is 1.91. The summed E-state index contributed by atoms with van der Waals surface area (Å²) in [6.07, 6.45) is 7.46. The molecule has 4 rings (SSSR count). The van der Waals surface area contributed by atoms with E-state index in [4.69, 9.17) is 0 Å². The molecule has 1 aromatic rings. The quantitative estimate of drug-likeness (QED) is 0.850. The molecule has 1 aromatic carbocycles. The summed E-state index contributed by atoms with van der Waals surface area (Å²) >= 11 is 0. The minimum absolute atomic E-state index is 0.246. The lowest BCUT2D eigenvalue weighted by Crippen LogP contribution is -2.39. The van der Waals surface area contributed by atoms with E-state index in [9.17, 15) is 4.79 Å². The molecule has 1 amide bonds. The highest BCUT2D eigenvalue weighted by Gasteiger charge is 2.38. The minimum atomic E-state index is 0.246. The number of rotatable bonds is 1. The lowest BCUT2D eigenvalue weighted by atomic mass is 9.85. The molecule has 2 heterocycles. The molecule has 0 radical (unpaired) electrons. The van der Waals surface area contributed by atoms with Crippen LogP contribution in [0.25, 0.3) is 0 Å². The van der Waals surface area contributed by atoms with Crippen molar-refractivity contribution in [1.82, 2.24) is 4.90 Å². The van der Waals surface area contributed by atoms with Crippen molar-refractivity contribution in [1.29, 1.82) is 0 Å². The van der Waals surface area contributed by atoms with Crippen LogP contribution in [0.4, 0.5) is 5.69 Å². The van der Waals surface area contributed by atoms with Crippen molar-refractivity contribution in [2.75, 3.05) is 18.4 Å². The zero-order valence-corrected chi connectivity index (χ0v) is 11.9. The number of anilines is 1. The predicted molar refractivity (Wildman–Crippen MR) is 80.0 cm³/mol. The van der Waals surface area contributed by atoms with Gasteiger partial charge in [-0.25, -0.2) is 0 Å². The molecule has 3 aliphatic rings. The van der Waals surface area contributed by atoms with Gasteiger partial charge < -0.3 is 10.2 Å². The van der Waals surface area contributed by atoms with Crippen LogP contribution >= 0.6 is 0 Å². The Hall–Kier alpha value is -1.51. The van der Waals surface area contributed by atoms with Gasteiger partial charge in [0.2, 0.25) is 0 Å². The van der Waals surface area contributed by atoms with Gasteiger partial charge in [0.05, 0.1) is 0 Å². The number of fused-ring (bicyclic) bond motifs is 2. The van der Waals surface area contributed by atoms with Gasteiger partial charge in [-0.15, -0.1) is 0 Å². The van der Waals surface area contributed by atoms with Gasteiger partial charge in [-0.05, 0) is 49.3 Å². The molecule has 3 nitrogen and oxygen atoms in total. The van der Waals surface area contributed by atoms with Gasteiger partial charge in [-0.1, -0.05) is 18.9 Å². The molecule has 3 heteroatoms. The first-order valence-corrected chi connectivity index (χ1v) is 8.01. The molecule has 20 heavy (non-hydrogen) atoms. The maximum atomic E-state index is 12.8. The number of likely N-dealkylation sites (tertiary alicyclic amines) is 1. The number of carbonyl (C=O) groups is 1. The van der Waals surface area contributed by atoms with E-state index in [1.807, 2.05) is 6.07 Å². The molecule has 1 N–H and O–H groups in total. The van der Waals surface area contributed by atoms with Gasteiger partial charge in [-0.3, -0.25) is 4.79 Å². The third-order valence-corrected chi connectivity index (χ3v) is 5.34. The summed E-state index contributed by atoms with van der Waals surface area (Å²) in [6.45, 7) is 1.96. The molecule has 106 valence electrons. The Labute approximate surface area is 120 Å². The summed E-state index contributed by atoms with van der Waals surface area (Å²) in [5, 5.41) is 3.37. The van der Waals surface area contributed by atoms with E-state index in [0.29, 0.717) is 6.04 Å². The Bertz CT molecular complexity index is 540. The summed E-state index contributed by atoms with van der Waals surface area (Å²) in [5.74, 6) is 1.01. The second-order valence-corrected chi connectivity index (χ2v) is 6.45. The number of hydrogen-bond donors (Lipinski definition) is 1. The van der Waals surface area contributed by atoms with Crippen LogP contribution in [-0.2, 0) is 6.42 Å². The number of benzene rings is 1. The molecular formula is C17H22N2O. The molecule has 2 aliphatic heterocycles. The lowest BCUT2D eigenvalue weighted by molar-refractivity contribution is 0.0690. The van der Waals surface area contributed by atoms with E-state index in [0.717, 1.165) is 36.7 Å². The second-order valence-electron chi connectivity index (χ2n) is 6.45. The number of hydrogen-bond acceptors (Lipinski definition) is 2. The van der Waals surface area contributed by atoms with Gasteiger partial charge in [0.15, 0.2) is 0 Å². The molecule has 0 spiro atoms. The maximum absolute atomic E-state index is 12.8. The maximum Gasteiger partial charge on any atom is 0.254 e. The Morgan fingerprint density at radius 2 is 2.10 bits per heavy atom. The van der Waals surface area contributed by atoms with E-state index in [2.05, 4.69) is 22.3 Å². The van der Waals surface area contributed by atoms with E-state index in [-0.39, 0.29) is 5.91 Å². The zero-order chi connectivity index (χ0) is 13.5. The predicted octanol–water partition coefficient (Wildman–Crippen LogP) is 3.06. The fourth-order valence-corrected chi connectivity index (χ4v) is 4.25. The molecule has 2 atom stereocenters. The largest absolute Gasteiger partial charge is 0.384 e. The van der Waals surface area contributed by atoms with Crippen LogP contribution in [-0.4, -0.2) is 29.9 Å². The average Bonchev–Trinajstić information content (AvgIpc) is 3.12. The topological polar surface area (TPSA) is 32.3 Å². The lowest BCUT2D eigenvalue weighted by Gasteiger charge is -2.31. The Morgan fingerprint density at radius 3 is 3.05 bits per heavy atom. The van der Waals surface area contributed by atoms with Crippen LogP contribution < -0.4 is 5.32 Å². The van der Waals surface area contributed by atoms with Crippen LogP contribution in [0, 0.1) is 5.92 Å². The van der Waals surface area contributed by atoms with Gasteiger partial charge in [0, 0.05) is 30.4 Å². The van der Waals surface area contributed by atoms with Gasteiger partial charge in [-0.2, -0.15) is 0 Å². The SMILES string of the molecule is O=C(c1ccc2c(c1)NCC2)N1CCC2CCCCC21. The van der Waals surface area contributed by atoms with Crippen molar-refractivity contribution in [3.05, 3.63) is 29.3 Å². The highest BCUT2D eigenvalue weighted by atomic mass is 16.2. The Balaban J connectivity index is 1.58. The van der Waals surface area contributed by atoms with Crippen LogP contribution in [0.3, 0.4) is 0 Å². The van der Waals surface area contributed by atoms with Crippen molar-refractivity contribution < 1.29 is 4.79 Å². The third-order valence-electron chi connectivity index (χ3n) is 5.34. The fraction of sp³-hybridized carbons (Fsp3) is 0.588. The molecule has 1 saturated carbocycles. The molecule has 2 unspecified atom stereocenters. The van der Waals surface area contributed by atoms with Crippen molar-refractivity contribution in [2.24, 2.45) is 5.92 Å². The monoisotopic (exact) mass is 270 g/mol. The number of nitrogens with one attached hydrogen (secondary N) is 1. The van der Waals surface area contributed by atoms with Crippen LogP contribution in [0.15, 0.2) is 18.2 Å². The number of amides is 1. The first-order chi connectivity index (χ1) is 9.83. The first kappa shape index (κ1) is 12.2. The molecule has 1 aliphatic carbocycles. The number of carbonyl (C=O) groups excluding carboxylic acids is 1. The highest BCUT2D eigenvalue weighted by molar-refractivity contribution is 5.96. The van der Waals surface area contributed by atoms with E-state index in [1.165, 1.54) is 37.7 Å². The van der Waals surface area contributed by atoms with Gasteiger partial charge in [0.25, 0.3) is 5.91 Å². The Kier molecular flexibility index (Phi) is 2.94. The molecule has 2 fully saturated rings. The summed E-state index contributed by atoms with van der Waals surface area (Å²) in [5.41, 5.74) is 3.37. The van der Waals surface area contributed by atoms with E-state index < -0.39 is 0 Å². The minimum Gasteiger partial charge on any atom is -0.384 e. The van der Waals surface area contributed by atoms with Crippen molar-refractivity contribution in [2.45, 2.75) is 44.6 Å². The highest BCUT2D eigenvalue weighted by Crippen LogP contribution is 2.37. The van der Waals surface area contributed by atoms with Gasteiger partial charge >= 0.3 is 0 Å². The fourth-order valence-electron chi connectivity index (χ4n) is 4.25. The molecular weight excluding hydrogens is 248 g/mol. The second kappa shape index (κ2) is 4.80. The van der Waals surface area contributed by atoms with E-state index in [1.54, 1.807) is 0 Å². The molecule has 1 saturated heterocycles. The summed E-state index contributed by atoms with van der Waals surface area (Å²) in [7, 11) is 0. The summed E-state index contributed by atoms with van der Waals surface area (Å²) in [4.78, 5) is 15.0. The standard InChI is InChI=1S/C17H22N2O/c20-17(14-6-5-12-7-9-18-15(12)11-14)19-10-8-13-3-1-2-4-16(13)19/h5-6,11,13,16,18H,1-4,7-10H2. The van der Waals surface area contributed by atoms with Crippen LogP contribution in [0.5, 0.6) is 0 Å². The van der Waals surface area contributed by atoms with Crippen molar-refractivity contribution in [3.63, 3.8) is 0 Å². The number of nitrogens with zero attached hydrogens (tertiary/aromatic N) is 1. The van der Waals surface area contributed by atoms with Crippen LogP contribution in [0.2, 0.25) is 0 Å². The normalized spacial score (nSPS) is 27.9. The van der Waals surface area contributed by atoms with Crippen molar-refractivity contribution in [3.8, 4) is 0 Å². The van der Waals surface area contributed by atoms with E-state index >= 15 is 0 Å².